The number of nitrogens with one attached hydrogen (secondary N) is 2. The first-order chi connectivity index (χ1) is 10.2. The zero-order chi connectivity index (χ0) is 15.1. The number of carbonyl (C=O) groups is 2. The number of primary amides is 1. The fraction of sp³-hybridized carbons (Fsp3) is 0. The average Bonchev–Trinajstić information content (AvgIpc) is 2.52. The van der Waals surface area contributed by atoms with Gasteiger partial charge in [-0.15, -0.1) is 0 Å². The van der Waals surface area contributed by atoms with Crippen molar-refractivity contribution in [2.45, 2.75) is 0 Å². The van der Waals surface area contributed by atoms with E-state index in [9.17, 15) is 9.59 Å². The molecule has 0 spiro atoms. The highest BCUT2D eigenvalue weighted by atomic mass is 16.2. The molecule has 7 nitrogen and oxygen atoms in total. The number of hydrogen-bond acceptors (Lipinski definition) is 5. The third kappa shape index (κ3) is 4.13. The van der Waals surface area contributed by atoms with Gasteiger partial charge < -0.3 is 16.4 Å². The second-order valence-electron chi connectivity index (χ2n) is 3.98. The van der Waals surface area contributed by atoms with Crippen molar-refractivity contribution in [3.63, 3.8) is 0 Å². The van der Waals surface area contributed by atoms with Crippen LogP contribution >= 0.6 is 0 Å². The lowest BCUT2D eigenvalue weighted by Gasteiger charge is -2.07. The van der Waals surface area contributed by atoms with Gasteiger partial charge in [-0.05, 0) is 12.1 Å². The molecule has 0 radical (unpaired) electrons. The molecule has 21 heavy (non-hydrogen) atoms. The molecule has 1 aromatic carbocycles. The van der Waals surface area contributed by atoms with Crippen molar-refractivity contribution in [3.05, 3.63) is 66.4 Å². The van der Waals surface area contributed by atoms with Gasteiger partial charge in [0.2, 0.25) is 0 Å². The van der Waals surface area contributed by atoms with Crippen LogP contribution in [0.2, 0.25) is 0 Å². The number of nitrogens with two attached hydrogens (primary N) is 1. The van der Waals surface area contributed by atoms with Crippen LogP contribution in [0.1, 0.15) is 10.4 Å². The Balaban J connectivity index is 2.09. The average molecular weight is 283 g/mol. The Morgan fingerprint density at radius 1 is 1.14 bits per heavy atom. The van der Waals surface area contributed by atoms with E-state index >= 15 is 0 Å². The van der Waals surface area contributed by atoms with Crippen molar-refractivity contribution in [1.29, 1.82) is 0 Å². The summed E-state index contributed by atoms with van der Waals surface area (Å²) in [6, 6.07) is 8.49. The smallest absolute Gasteiger partial charge is 0.266 e. The summed E-state index contributed by atoms with van der Waals surface area (Å²) >= 11 is 0. The number of benzene rings is 1. The maximum atomic E-state index is 12.0. The van der Waals surface area contributed by atoms with E-state index in [1.165, 1.54) is 24.8 Å². The van der Waals surface area contributed by atoms with E-state index in [0.717, 1.165) is 0 Å². The van der Waals surface area contributed by atoms with E-state index in [-0.39, 0.29) is 5.70 Å². The molecule has 1 aromatic heterocycles. The van der Waals surface area contributed by atoms with Crippen LogP contribution in [0.5, 0.6) is 0 Å². The molecule has 0 saturated carbocycles. The maximum absolute atomic E-state index is 12.0. The van der Waals surface area contributed by atoms with Gasteiger partial charge in [0.05, 0.1) is 6.20 Å². The summed E-state index contributed by atoms with van der Waals surface area (Å²) in [6.07, 6.45) is 5.74. The molecule has 0 fully saturated rings. The number of aromatic nitrogens is 2. The standard InChI is InChI=1S/C14H13N5O2/c15-13(20)11(8-18-12-9-16-6-7-17-12)19-14(21)10-4-2-1-3-5-10/h1-9H,(H2,15,20)(H,17,18)(H,19,21)/b11-8-. The van der Waals surface area contributed by atoms with Crippen LogP contribution in [-0.2, 0) is 4.79 Å². The summed E-state index contributed by atoms with van der Waals surface area (Å²) in [4.78, 5) is 31.1. The molecule has 0 atom stereocenters. The Kier molecular flexibility index (Phi) is 4.60. The molecule has 4 N–H and O–H groups in total. The summed E-state index contributed by atoms with van der Waals surface area (Å²) in [5.41, 5.74) is 5.58. The highest BCUT2D eigenvalue weighted by Gasteiger charge is 2.11. The molecular formula is C14H13N5O2. The van der Waals surface area contributed by atoms with Gasteiger partial charge in [0, 0.05) is 24.2 Å². The molecule has 106 valence electrons. The minimum absolute atomic E-state index is 0.0745. The number of rotatable bonds is 5. The molecule has 0 unspecified atom stereocenters. The molecule has 0 aliphatic carbocycles. The van der Waals surface area contributed by atoms with Crippen LogP contribution in [0.15, 0.2) is 60.8 Å². The van der Waals surface area contributed by atoms with Crippen LogP contribution in [0, 0.1) is 0 Å². The summed E-state index contributed by atoms with van der Waals surface area (Å²) in [6.45, 7) is 0. The lowest BCUT2D eigenvalue weighted by Crippen LogP contribution is -2.31. The van der Waals surface area contributed by atoms with Crippen molar-refractivity contribution in [2.75, 3.05) is 5.32 Å². The summed E-state index contributed by atoms with van der Waals surface area (Å²) < 4.78 is 0. The summed E-state index contributed by atoms with van der Waals surface area (Å²) in [5, 5.41) is 5.17. The predicted octanol–water partition coefficient (Wildman–Crippen LogP) is 0.645. The van der Waals surface area contributed by atoms with Gasteiger partial charge >= 0.3 is 0 Å². The van der Waals surface area contributed by atoms with Crippen molar-refractivity contribution >= 4 is 17.6 Å². The fourth-order valence-electron chi connectivity index (χ4n) is 1.47. The van der Waals surface area contributed by atoms with Gasteiger partial charge in [-0.25, -0.2) is 4.98 Å². The van der Waals surface area contributed by atoms with Gasteiger partial charge in [0.1, 0.15) is 11.5 Å². The van der Waals surface area contributed by atoms with Crippen molar-refractivity contribution in [3.8, 4) is 0 Å². The monoisotopic (exact) mass is 283 g/mol. The first kappa shape index (κ1) is 14.2. The Labute approximate surface area is 120 Å². The quantitative estimate of drug-likeness (QED) is 0.698. The molecule has 1 heterocycles. The first-order valence-corrected chi connectivity index (χ1v) is 6.06. The molecular weight excluding hydrogens is 270 g/mol. The Morgan fingerprint density at radius 3 is 2.52 bits per heavy atom. The molecule has 0 aliphatic heterocycles. The van der Waals surface area contributed by atoms with E-state index in [0.29, 0.717) is 11.4 Å². The van der Waals surface area contributed by atoms with E-state index in [1.807, 2.05) is 0 Å². The second kappa shape index (κ2) is 6.80. The highest BCUT2D eigenvalue weighted by Crippen LogP contribution is 2.02. The maximum Gasteiger partial charge on any atom is 0.266 e. The normalized spacial score (nSPS) is 10.8. The molecule has 0 bridgehead atoms. The van der Waals surface area contributed by atoms with E-state index in [1.54, 1.807) is 30.3 Å². The zero-order valence-electron chi connectivity index (χ0n) is 11.0. The molecule has 0 aliphatic rings. The molecule has 0 saturated heterocycles. The Bertz CT molecular complexity index is 656. The van der Waals surface area contributed by atoms with Crippen LogP contribution in [0.25, 0.3) is 0 Å². The summed E-state index contributed by atoms with van der Waals surface area (Å²) in [7, 11) is 0. The van der Waals surface area contributed by atoms with Crippen molar-refractivity contribution < 1.29 is 9.59 Å². The number of anilines is 1. The van der Waals surface area contributed by atoms with Gasteiger partial charge in [-0.3, -0.25) is 14.6 Å². The second-order valence-corrected chi connectivity index (χ2v) is 3.98. The third-order valence-electron chi connectivity index (χ3n) is 2.48. The van der Waals surface area contributed by atoms with Gasteiger partial charge in [0.15, 0.2) is 0 Å². The fourth-order valence-corrected chi connectivity index (χ4v) is 1.47. The summed E-state index contributed by atoms with van der Waals surface area (Å²) in [5.74, 6) is -0.775. The molecule has 2 rings (SSSR count). The number of nitrogens with zero attached hydrogens (tertiary/aromatic N) is 2. The lowest BCUT2D eigenvalue weighted by atomic mass is 10.2. The van der Waals surface area contributed by atoms with Crippen LogP contribution in [-0.4, -0.2) is 21.8 Å². The minimum atomic E-state index is -0.768. The third-order valence-corrected chi connectivity index (χ3v) is 2.48. The van der Waals surface area contributed by atoms with E-state index in [2.05, 4.69) is 20.6 Å². The first-order valence-electron chi connectivity index (χ1n) is 6.06. The minimum Gasteiger partial charge on any atom is -0.364 e. The van der Waals surface area contributed by atoms with Crippen LogP contribution in [0.4, 0.5) is 5.82 Å². The van der Waals surface area contributed by atoms with E-state index < -0.39 is 11.8 Å². The SMILES string of the molecule is NC(=O)/C(=C/Nc1cnccn1)NC(=O)c1ccccc1. The van der Waals surface area contributed by atoms with Crippen LogP contribution < -0.4 is 16.4 Å². The molecule has 2 aromatic rings. The predicted molar refractivity (Wildman–Crippen MR) is 76.8 cm³/mol. The zero-order valence-corrected chi connectivity index (χ0v) is 11.0. The molecule has 2 amide bonds. The number of hydrogen-bond donors (Lipinski definition) is 3. The number of amides is 2. The Hall–Kier alpha value is -3.22. The van der Waals surface area contributed by atoms with Gasteiger partial charge in [-0.1, -0.05) is 18.2 Å². The molecule has 7 heteroatoms. The highest BCUT2D eigenvalue weighted by molar-refractivity contribution is 6.02. The van der Waals surface area contributed by atoms with Crippen molar-refractivity contribution in [1.82, 2.24) is 15.3 Å². The van der Waals surface area contributed by atoms with Gasteiger partial charge in [-0.2, -0.15) is 0 Å². The van der Waals surface area contributed by atoms with Gasteiger partial charge in [0.25, 0.3) is 11.8 Å². The lowest BCUT2D eigenvalue weighted by molar-refractivity contribution is -0.114. The van der Waals surface area contributed by atoms with Crippen LogP contribution in [0.3, 0.4) is 0 Å². The topological polar surface area (TPSA) is 110 Å². The largest absolute Gasteiger partial charge is 0.364 e. The Morgan fingerprint density at radius 2 is 1.90 bits per heavy atom. The van der Waals surface area contributed by atoms with E-state index in [4.69, 9.17) is 5.73 Å². The van der Waals surface area contributed by atoms with Crippen molar-refractivity contribution in [2.24, 2.45) is 5.73 Å². The number of carbonyl (C=O) groups excluding carboxylic acids is 2.